The van der Waals surface area contributed by atoms with Crippen molar-refractivity contribution in [3.63, 3.8) is 0 Å². The minimum Gasteiger partial charge on any atom is -0.489 e. The van der Waals surface area contributed by atoms with Gasteiger partial charge in [0, 0.05) is 30.1 Å². The molecule has 0 fully saturated rings. The summed E-state index contributed by atoms with van der Waals surface area (Å²) in [4.78, 5) is 46.4. The SMILES string of the molecule is N#Cc1ccc(-c2ccc(C[C@H](NC(=O)C3Cc4cc5c(cc4CN3Cc3nccs3)OC(c3ccc(OCc4ccc(Cl)c(Cl)c4)cc3)C(=O)N5)C(=O)O)cc2)cc1. The van der Waals surface area contributed by atoms with Crippen molar-refractivity contribution in [3.8, 4) is 28.7 Å². The van der Waals surface area contributed by atoms with Gasteiger partial charge in [0.1, 0.15) is 29.2 Å². The Kier molecular flexibility index (Phi) is 11.6. The molecule has 8 rings (SSSR count). The van der Waals surface area contributed by atoms with E-state index in [1.807, 2.05) is 64.9 Å². The lowest BCUT2D eigenvalue weighted by molar-refractivity contribution is -0.142. The van der Waals surface area contributed by atoms with E-state index in [1.54, 1.807) is 54.7 Å². The van der Waals surface area contributed by atoms with Gasteiger partial charge >= 0.3 is 5.97 Å². The number of hydrogen-bond donors (Lipinski definition) is 3. The van der Waals surface area contributed by atoms with Crippen LogP contribution in [0.2, 0.25) is 10.0 Å². The van der Waals surface area contributed by atoms with E-state index in [9.17, 15) is 19.5 Å². The Morgan fingerprint density at radius 3 is 2.37 bits per heavy atom. The maximum Gasteiger partial charge on any atom is 0.326 e. The van der Waals surface area contributed by atoms with Gasteiger partial charge in [-0.15, -0.1) is 11.3 Å². The van der Waals surface area contributed by atoms with Gasteiger partial charge in [0.25, 0.3) is 5.91 Å². The lowest BCUT2D eigenvalue weighted by Crippen LogP contribution is -2.54. The van der Waals surface area contributed by atoms with Crippen LogP contribution in [0.3, 0.4) is 0 Å². The predicted molar refractivity (Wildman–Crippen MR) is 224 cm³/mol. The second kappa shape index (κ2) is 17.3. The number of halogens is 2. The average Bonchev–Trinajstić information content (AvgIpc) is 3.76. The number of aliphatic carboxylic acids is 1. The Bertz CT molecular complexity index is 2560. The first kappa shape index (κ1) is 39.6. The van der Waals surface area contributed by atoms with E-state index in [2.05, 4.69) is 21.7 Å². The summed E-state index contributed by atoms with van der Waals surface area (Å²) in [7, 11) is 0. The number of amides is 2. The van der Waals surface area contributed by atoms with Crippen molar-refractivity contribution in [1.29, 1.82) is 5.26 Å². The molecule has 296 valence electrons. The first-order valence-corrected chi connectivity index (χ1v) is 20.3. The summed E-state index contributed by atoms with van der Waals surface area (Å²) < 4.78 is 12.2. The quantitative estimate of drug-likeness (QED) is 0.110. The lowest BCUT2D eigenvalue weighted by Gasteiger charge is -2.37. The van der Waals surface area contributed by atoms with E-state index < -0.39 is 30.1 Å². The molecule has 2 aliphatic rings. The molecular weight excluding hydrogens is 809 g/mol. The highest BCUT2D eigenvalue weighted by molar-refractivity contribution is 7.09. The van der Waals surface area contributed by atoms with E-state index in [4.69, 9.17) is 37.9 Å². The molecule has 3 heterocycles. The summed E-state index contributed by atoms with van der Waals surface area (Å²) >= 11 is 13.6. The van der Waals surface area contributed by atoms with Gasteiger partial charge in [-0.05, 0) is 88.3 Å². The Morgan fingerprint density at radius 1 is 0.966 bits per heavy atom. The summed E-state index contributed by atoms with van der Waals surface area (Å²) in [5.41, 5.74) is 6.92. The number of aromatic nitrogens is 1. The summed E-state index contributed by atoms with van der Waals surface area (Å²) in [5, 5.41) is 28.7. The van der Waals surface area contributed by atoms with E-state index in [1.165, 1.54) is 11.3 Å². The predicted octanol–water partition coefficient (Wildman–Crippen LogP) is 8.38. The van der Waals surface area contributed by atoms with Gasteiger partial charge in [0.2, 0.25) is 12.0 Å². The zero-order valence-corrected chi connectivity index (χ0v) is 33.6. The van der Waals surface area contributed by atoms with Gasteiger partial charge < -0.3 is 25.2 Å². The van der Waals surface area contributed by atoms with Gasteiger partial charge in [-0.25, -0.2) is 9.78 Å². The molecule has 1 aromatic heterocycles. The third-order valence-electron chi connectivity index (χ3n) is 10.3. The molecule has 0 aliphatic carbocycles. The van der Waals surface area contributed by atoms with Crippen molar-refractivity contribution in [2.24, 2.45) is 0 Å². The van der Waals surface area contributed by atoms with Crippen LogP contribution in [0.5, 0.6) is 11.5 Å². The van der Waals surface area contributed by atoms with Gasteiger partial charge in [-0.1, -0.05) is 77.8 Å². The van der Waals surface area contributed by atoms with Gasteiger partial charge in [0.05, 0.1) is 40.0 Å². The summed E-state index contributed by atoms with van der Waals surface area (Å²) in [5.74, 6) is -0.801. The molecule has 59 heavy (non-hydrogen) atoms. The van der Waals surface area contributed by atoms with Crippen LogP contribution in [-0.4, -0.2) is 44.9 Å². The minimum absolute atomic E-state index is 0.0804. The zero-order chi connectivity index (χ0) is 41.0. The van der Waals surface area contributed by atoms with Crippen LogP contribution in [0.1, 0.15) is 44.5 Å². The van der Waals surface area contributed by atoms with Crippen molar-refractivity contribution in [3.05, 3.63) is 163 Å². The standard InChI is InChI=1S/C45H35Cl2N5O6S/c46-35-14-5-28(17-36(35)47)25-57-34-12-10-31(11-13-34)42-44(54)50-37-19-32-20-39(52(24-41-49-15-16-59-41)23-33(32)21-40(37)58-42)43(53)51-38(45(55)56)18-26-1-6-29(7-2-26)30-8-3-27(22-48)4-9-30/h1-17,19,21,38-39,42H,18,20,23-25H2,(H,50,54)(H,51,53)(H,55,56)/t38-,39?,42?/m0/s1. The highest BCUT2D eigenvalue weighted by atomic mass is 35.5. The molecule has 2 unspecified atom stereocenters. The van der Waals surface area contributed by atoms with Gasteiger partial charge in [-0.2, -0.15) is 5.26 Å². The van der Waals surface area contributed by atoms with Crippen molar-refractivity contribution in [2.75, 3.05) is 5.32 Å². The molecule has 0 bridgehead atoms. The number of nitrogens with zero attached hydrogens (tertiary/aromatic N) is 3. The third-order valence-corrected chi connectivity index (χ3v) is 11.8. The summed E-state index contributed by atoms with van der Waals surface area (Å²) in [6.07, 6.45) is 1.16. The van der Waals surface area contributed by atoms with Crippen molar-refractivity contribution in [1.82, 2.24) is 15.2 Å². The normalized spacial score (nSPS) is 16.4. The fourth-order valence-corrected chi connectivity index (χ4v) is 8.16. The fraction of sp³-hybridized carbons (Fsp3) is 0.178. The number of anilines is 1. The molecule has 0 saturated heterocycles. The molecule has 0 radical (unpaired) electrons. The highest BCUT2D eigenvalue weighted by Gasteiger charge is 2.37. The minimum atomic E-state index is -1.18. The molecule has 11 nitrogen and oxygen atoms in total. The topological polar surface area (TPSA) is 154 Å². The van der Waals surface area contributed by atoms with Gasteiger partial charge in [0.15, 0.2) is 0 Å². The monoisotopic (exact) mass is 843 g/mol. The van der Waals surface area contributed by atoms with E-state index in [-0.39, 0.29) is 25.4 Å². The second-order valence-corrected chi connectivity index (χ2v) is 16.0. The number of carboxylic acids is 1. The van der Waals surface area contributed by atoms with E-state index in [0.29, 0.717) is 51.4 Å². The summed E-state index contributed by atoms with van der Waals surface area (Å²) in [6, 6.07) is 31.1. The number of nitriles is 1. The fourth-order valence-electron chi connectivity index (χ4n) is 7.20. The number of fused-ring (bicyclic) bond motifs is 2. The maximum atomic E-state index is 14.1. The molecule has 0 spiro atoms. The molecule has 6 aromatic rings. The third kappa shape index (κ3) is 9.09. The number of nitrogens with one attached hydrogen (secondary N) is 2. The number of ether oxygens (including phenoxy) is 2. The number of thiazole rings is 1. The Morgan fingerprint density at radius 2 is 1.69 bits per heavy atom. The van der Waals surface area contributed by atoms with Crippen LogP contribution >= 0.6 is 34.5 Å². The molecule has 3 N–H and O–H groups in total. The van der Waals surface area contributed by atoms with E-state index >= 15 is 0 Å². The molecule has 2 amide bonds. The molecule has 2 aliphatic heterocycles. The van der Waals surface area contributed by atoms with Crippen molar-refractivity contribution < 1.29 is 29.0 Å². The van der Waals surface area contributed by atoms with Crippen LogP contribution in [0, 0.1) is 11.3 Å². The first-order valence-electron chi connectivity index (χ1n) is 18.7. The average molecular weight is 845 g/mol. The Labute approximate surface area is 353 Å². The smallest absolute Gasteiger partial charge is 0.326 e. The Balaban J connectivity index is 0.962. The van der Waals surface area contributed by atoms with Crippen LogP contribution in [0.25, 0.3) is 11.1 Å². The van der Waals surface area contributed by atoms with E-state index in [0.717, 1.165) is 38.4 Å². The number of carboxylic acid groups (broad SMARTS) is 1. The zero-order valence-electron chi connectivity index (χ0n) is 31.2. The van der Waals surface area contributed by atoms with Crippen molar-refractivity contribution in [2.45, 2.75) is 50.7 Å². The largest absolute Gasteiger partial charge is 0.489 e. The number of carbonyl (C=O) groups excluding carboxylic acids is 2. The molecule has 14 heteroatoms. The summed E-state index contributed by atoms with van der Waals surface area (Å²) in [6.45, 7) is 1.02. The number of hydrogen-bond acceptors (Lipinski definition) is 9. The van der Waals surface area contributed by atoms with Crippen LogP contribution in [0.4, 0.5) is 5.69 Å². The van der Waals surface area contributed by atoms with Gasteiger partial charge in [-0.3, -0.25) is 14.5 Å². The lowest BCUT2D eigenvalue weighted by atomic mass is 9.91. The second-order valence-electron chi connectivity index (χ2n) is 14.3. The number of benzene rings is 5. The van der Waals surface area contributed by atoms with Crippen molar-refractivity contribution >= 4 is 58.0 Å². The molecule has 0 saturated carbocycles. The molecule has 5 aromatic carbocycles. The number of rotatable bonds is 12. The van der Waals surface area contributed by atoms with Crippen LogP contribution in [0.15, 0.2) is 115 Å². The molecular formula is C45H35Cl2N5O6S. The maximum absolute atomic E-state index is 14.1. The van der Waals surface area contributed by atoms with Crippen LogP contribution in [-0.2, 0) is 46.9 Å². The van der Waals surface area contributed by atoms with Crippen LogP contribution < -0.4 is 20.1 Å². The number of carbonyl (C=O) groups is 3. The first-order chi connectivity index (χ1) is 28.6. The highest BCUT2D eigenvalue weighted by Crippen LogP contribution is 2.40. The Hall–Kier alpha value is -6.23. The molecule has 3 atom stereocenters.